The van der Waals surface area contributed by atoms with Gasteiger partial charge < -0.3 is 0 Å². The summed E-state index contributed by atoms with van der Waals surface area (Å²) < 4.78 is 37.1. The Balaban J connectivity index is 1.14. The van der Waals surface area contributed by atoms with Crippen LogP contribution in [0.1, 0.15) is 29.1 Å². The molecule has 0 aromatic heterocycles. The second-order valence-corrected chi connectivity index (χ2v) is 13.1. The van der Waals surface area contributed by atoms with Gasteiger partial charge in [-0.05, 0) is 124 Å². The van der Waals surface area contributed by atoms with Gasteiger partial charge in [-0.25, -0.2) is 0 Å². The molecule has 9 aromatic rings. The third-order valence-electron chi connectivity index (χ3n) is 10.6. The van der Waals surface area contributed by atoms with Crippen molar-refractivity contribution in [2.45, 2.75) is 12.3 Å². The van der Waals surface area contributed by atoms with Gasteiger partial charge in [0, 0.05) is 5.41 Å². The van der Waals surface area contributed by atoms with E-state index in [0.29, 0.717) is 22.3 Å². The van der Waals surface area contributed by atoms with Gasteiger partial charge in [0.1, 0.15) is 0 Å². The molecule has 48 heavy (non-hydrogen) atoms. The van der Waals surface area contributed by atoms with Crippen LogP contribution in [0.15, 0.2) is 176 Å². The van der Waals surface area contributed by atoms with Gasteiger partial charge in [0.15, 0.2) is 0 Å². The second-order valence-electron chi connectivity index (χ2n) is 13.1. The molecule has 0 N–H and O–H groups in total. The number of benzene rings is 9. The van der Waals surface area contributed by atoms with Crippen molar-refractivity contribution < 1.29 is 5.48 Å². The summed E-state index contributed by atoms with van der Waals surface area (Å²) in [5, 5.41) is 9.13. The summed E-state index contributed by atoms with van der Waals surface area (Å²) in [5.74, 6) is 0. The molecule has 1 atom stereocenters. The van der Waals surface area contributed by atoms with Crippen LogP contribution < -0.4 is 0 Å². The topological polar surface area (TPSA) is 0 Å². The van der Waals surface area contributed by atoms with Crippen molar-refractivity contribution in [1.29, 1.82) is 0 Å². The van der Waals surface area contributed by atoms with Crippen molar-refractivity contribution >= 4 is 43.1 Å². The lowest BCUT2D eigenvalue weighted by Gasteiger charge is -2.28. The Bertz CT molecular complexity index is 2930. The zero-order valence-electron chi connectivity index (χ0n) is 30.4. The molecule has 0 spiro atoms. The largest absolute Gasteiger partial charge is 0.0629 e. The van der Waals surface area contributed by atoms with Gasteiger partial charge in [-0.15, -0.1) is 0 Å². The average Bonchev–Trinajstić information content (AvgIpc) is 3.45. The SMILES string of the molecule is [2H]c1c([2H])c(-c2ccc3c(ccc4cc5ccccc5cc43)c2)c([2H])c([2H])c1-c1ccc2c(c1)C(C)(c1ccccc1)c1ccc3ccccc3c1-2. The van der Waals surface area contributed by atoms with E-state index < -0.39 is 5.41 Å². The molecule has 0 radical (unpaired) electrons. The highest BCUT2D eigenvalue weighted by Gasteiger charge is 2.41. The minimum Gasteiger partial charge on any atom is -0.0622 e. The number of rotatable bonds is 3. The van der Waals surface area contributed by atoms with Gasteiger partial charge in [-0.3, -0.25) is 0 Å². The van der Waals surface area contributed by atoms with Gasteiger partial charge in [-0.2, -0.15) is 0 Å². The lowest BCUT2D eigenvalue weighted by atomic mass is 9.73. The van der Waals surface area contributed by atoms with Crippen LogP contribution in [0.5, 0.6) is 0 Å². The molecule has 0 fully saturated rings. The van der Waals surface area contributed by atoms with Gasteiger partial charge in [0.25, 0.3) is 0 Å². The van der Waals surface area contributed by atoms with Crippen molar-refractivity contribution in [2.24, 2.45) is 0 Å². The zero-order chi connectivity index (χ0) is 35.3. The fourth-order valence-corrected chi connectivity index (χ4v) is 8.05. The van der Waals surface area contributed by atoms with Crippen LogP contribution >= 0.6 is 0 Å². The van der Waals surface area contributed by atoms with Crippen molar-refractivity contribution in [3.63, 3.8) is 0 Å². The predicted octanol–water partition coefficient (Wildman–Crippen LogP) is 13.0. The molecule has 0 saturated carbocycles. The predicted molar refractivity (Wildman–Crippen MR) is 205 cm³/mol. The molecule has 1 unspecified atom stereocenters. The molecule has 1 aliphatic carbocycles. The smallest absolute Gasteiger partial charge is 0.0622 e. The van der Waals surface area contributed by atoms with Gasteiger partial charge in [0.05, 0.1) is 5.48 Å². The first kappa shape index (κ1) is 23.4. The van der Waals surface area contributed by atoms with E-state index in [2.05, 4.69) is 128 Å². The molecule has 1 aliphatic rings. The maximum Gasteiger partial charge on any atom is 0.0629 e. The Morgan fingerprint density at radius 1 is 0.396 bits per heavy atom. The molecular weight excluding hydrogens is 577 g/mol. The normalized spacial score (nSPS) is 16.4. The summed E-state index contributed by atoms with van der Waals surface area (Å²) in [6.07, 6.45) is 0. The summed E-state index contributed by atoms with van der Waals surface area (Å²) in [5.41, 5.74) is 7.31. The second kappa shape index (κ2) is 10.3. The Kier molecular flexibility index (Phi) is 4.99. The Labute approximate surface area is 286 Å². The minimum atomic E-state index is -0.481. The van der Waals surface area contributed by atoms with Crippen molar-refractivity contribution in [1.82, 2.24) is 0 Å². The number of fused-ring (bicyclic) bond motifs is 9. The molecule has 9 aromatic carbocycles. The average molecular weight is 613 g/mol. The molecule has 0 heteroatoms. The van der Waals surface area contributed by atoms with Crippen LogP contribution in [0.2, 0.25) is 0 Å². The molecule has 10 rings (SSSR count). The van der Waals surface area contributed by atoms with Crippen molar-refractivity contribution in [2.75, 3.05) is 0 Å². The Hall–Kier alpha value is -5.98. The lowest BCUT2D eigenvalue weighted by molar-refractivity contribution is 0.714. The van der Waals surface area contributed by atoms with E-state index in [4.69, 9.17) is 0 Å². The first-order valence-corrected chi connectivity index (χ1v) is 16.5. The summed E-state index contributed by atoms with van der Waals surface area (Å²) in [6, 6.07) is 52.4. The Morgan fingerprint density at radius 2 is 1.00 bits per heavy atom. The van der Waals surface area contributed by atoms with Gasteiger partial charge in [0.2, 0.25) is 0 Å². The van der Waals surface area contributed by atoms with Crippen molar-refractivity contribution in [3.8, 4) is 33.4 Å². The maximum atomic E-state index is 9.31. The summed E-state index contributed by atoms with van der Waals surface area (Å²) in [6.45, 7) is 2.26. The minimum absolute atomic E-state index is 0.0385. The number of hydrogen-bond donors (Lipinski definition) is 0. The molecule has 224 valence electrons. The first-order valence-electron chi connectivity index (χ1n) is 18.5. The van der Waals surface area contributed by atoms with Crippen LogP contribution in [0.4, 0.5) is 0 Å². The number of hydrogen-bond acceptors (Lipinski definition) is 0. The maximum absolute atomic E-state index is 9.31. The van der Waals surface area contributed by atoms with E-state index in [1.54, 1.807) is 0 Å². The molecular formula is C48H32. The fourth-order valence-electron chi connectivity index (χ4n) is 8.05. The summed E-state index contributed by atoms with van der Waals surface area (Å²) in [4.78, 5) is 0. The van der Waals surface area contributed by atoms with E-state index in [1.165, 1.54) is 32.7 Å². The van der Waals surface area contributed by atoms with E-state index in [1.807, 2.05) is 30.3 Å². The van der Waals surface area contributed by atoms with Crippen LogP contribution in [-0.4, -0.2) is 0 Å². The zero-order valence-corrected chi connectivity index (χ0v) is 26.4. The quantitative estimate of drug-likeness (QED) is 0.138. The van der Waals surface area contributed by atoms with Crippen LogP contribution in [0.25, 0.3) is 76.5 Å². The molecule has 0 saturated heterocycles. The van der Waals surface area contributed by atoms with Crippen molar-refractivity contribution in [3.05, 3.63) is 193 Å². The molecule has 0 amide bonds. The fraction of sp³-hybridized carbons (Fsp3) is 0.0417. The standard InChI is InChI=1S/C48H32/c1-48(40-12-3-2-4-13-40)45-26-23-33-9-7-8-14-42(33)47(45)43-25-22-37(30-46(43)48)32-17-15-31(16-18-32)36-21-24-41-38(28-36)19-20-39-27-34-10-5-6-11-35(34)29-44(39)41/h2-30H,1H3/i15D,16D,17D,18D. The lowest BCUT2D eigenvalue weighted by Crippen LogP contribution is -2.22. The summed E-state index contributed by atoms with van der Waals surface area (Å²) in [7, 11) is 0. The highest BCUT2D eigenvalue weighted by atomic mass is 14.4. The third-order valence-corrected chi connectivity index (χ3v) is 10.6. The highest BCUT2D eigenvalue weighted by Crippen LogP contribution is 2.55. The van der Waals surface area contributed by atoms with E-state index in [-0.39, 0.29) is 24.2 Å². The van der Waals surface area contributed by atoms with E-state index in [9.17, 15) is 5.48 Å². The third kappa shape index (κ3) is 3.96. The molecule has 0 nitrogen and oxygen atoms in total. The monoisotopic (exact) mass is 612 g/mol. The summed E-state index contributed by atoms with van der Waals surface area (Å²) >= 11 is 0. The Morgan fingerprint density at radius 3 is 1.77 bits per heavy atom. The first-order chi connectivity index (χ1) is 25.3. The van der Waals surface area contributed by atoms with Gasteiger partial charge >= 0.3 is 0 Å². The van der Waals surface area contributed by atoms with E-state index in [0.717, 1.165) is 38.2 Å². The van der Waals surface area contributed by atoms with Crippen LogP contribution in [0, 0.1) is 0 Å². The van der Waals surface area contributed by atoms with Crippen LogP contribution in [0.3, 0.4) is 0 Å². The molecule has 0 heterocycles. The van der Waals surface area contributed by atoms with E-state index >= 15 is 0 Å². The highest BCUT2D eigenvalue weighted by molar-refractivity contribution is 6.12. The van der Waals surface area contributed by atoms with Crippen LogP contribution in [-0.2, 0) is 5.41 Å². The molecule has 0 bridgehead atoms. The van der Waals surface area contributed by atoms with Gasteiger partial charge in [-0.1, -0.05) is 152 Å². The molecule has 0 aliphatic heterocycles.